The molecule has 0 bridgehead atoms. The largest absolute Gasteiger partial charge is 0.488 e. The summed E-state index contributed by atoms with van der Waals surface area (Å²) >= 11 is 3.74. The molecule has 466 valence electrons. The van der Waals surface area contributed by atoms with Gasteiger partial charge in [-0.15, -0.1) is 0 Å². The Morgan fingerprint density at radius 2 is 1.13 bits per heavy atom. The molecule has 4 aliphatic rings. The van der Waals surface area contributed by atoms with Crippen LogP contribution in [-0.4, -0.2) is 82.1 Å². The molecular formula is C72H70BBrN10O8. The number of carboxylic acid groups (broad SMARTS) is 1. The second kappa shape index (κ2) is 26.2. The molecule has 2 fully saturated rings. The van der Waals surface area contributed by atoms with E-state index in [2.05, 4.69) is 122 Å². The van der Waals surface area contributed by atoms with Gasteiger partial charge in [-0.1, -0.05) is 121 Å². The van der Waals surface area contributed by atoms with Crippen molar-refractivity contribution in [2.45, 2.75) is 102 Å². The Morgan fingerprint density at radius 1 is 0.630 bits per heavy atom. The molecule has 6 heterocycles. The molecule has 10 aromatic rings. The van der Waals surface area contributed by atoms with Gasteiger partial charge in [0.25, 0.3) is 0 Å². The first-order chi connectivity index (χ1) is 44.4. The maximum atomic E-state index is 12.6. The number of hydrogen-bond donors (Lipinski definition) is 7. The van der Waals surface area contributed by atoms with E-state index in [0.29, 0.717) is 24.7 Å². The lowest BCUT2D eigenvalue weighted by Gasteiger charge is -2.43. The number of anilines is 4. The topological polar surface area (TPSA) is 254 Å². The first-order valence-electron chi connectivity index (χ1n) is 30.8. The Kier molecular flexibility index (Phi) is 17.8. The lowest BCUT2D eigenvalue weighted by atomic mass is 9.72. The molecule has 0 atom stereocenters. The fraction of sp³-hybridized carbons (Fsp3) is 0.236. The second-order valence-electron chi connectivity index (χ2n) is 24.5. The van der Waals surface area contributed by atoms with Crippen LogP contribution < -0.4 is 27.1 Å². The first kappa shape index (κ1) is 62.5. The highest BCUT2D eigenvalue weighted by Crippen LogP contribution is 2.48. The molecule has 2 aliphatic carbocycles. The number of hydrogen-bond acceptors (Lipinski definition) is 14. The van der Waals surface area contributed by atoms with Crippen LogP contribution in [0.2, 0.25) is 0 Å². The summed E-state index contributed by atoms with van der Waals surface area (Å²) in [5.41, 5.74) is 21.6. The number of nitrogens with one attached hydrogen (secondary N) is 3. The van der Waals surface area contributed by atoms with Crippen molar-refractivity contribution < 1.29 is 39.0 Å². The van der Waals surface area contributed by atoms with Crippen molar-refractivity contribution in [3.05, 3.63) is 209 Å². The molecule has 8 N–H and O–H groups in total. The van der Waals surface area contributed by atoms with Gasteiger partial charge in [-0.25, -0.2) is 24.7 Å². The summed E-state index contributed by atoms with van der Waals surface area (Å²) in [6.45, 7) is 5.63. The third-order valence-corrected chi connectivity index (χ3v) is 17.8. The van der Waals surface area contributed by atoms with Gasteiger partial charge in [-0.2, -0.15) is 0 Å². The van der Waals surface area contributed by atoms with Crippen LogP contribution in [0, 0.1) is 0 Å². The van der Waals surface area contributed by atoms with E-state index in [-0.39, 0.29) is 24.0 Å². The molecule has 6 aromatic carbocycles. The first-order valence-corrected chi connectivity index (χ1v) is 31.6. The number of imidazole rings is 2. The number of methoxy groups -OCH3 is 1. The van der Waals surface area contributed by atoms with E-state index in [4.69, 9.17) is 35.6 Å². The molecule has 0 spiro atoms. The number of alkyl carbamates (subject to hydrolysis) is 1. The zero-order chi connectivity index (χ0) is 64.3. The number of para-hydroxylation sites is 2. The highest BCUT2D eigenvalue weighted by Gasteiger charge is 2.42. The van der Waals surface area contributed by atoms with Crippen LogP contribution in [-0.2, 0) is 43.0 Å². The van der Waals surface area contributed by atoms with Crippen LogP contribution in [0.15, 0.2) is 187 Å². The third-order valence-electron chi connectivity index (χ3n) is 17.2. The van der Waals surface area contributed by atoms with E-state index in [0.717, 1.165) is 156 Å². The van der Waals surface area contributed by atoms with Crippen LogP contribution in [0.1, 0.15) is 94.4 Å². The van der Waals surface area contributed by atoms with Crippen LogP contribution in [0.25, 0.3) is 67.9 Å². The van der Waals surface area contributed by atoms with Gasteiger partial charge in [0, 0.05) is 58.6 Å². The molecule has 0 radical (unpaired) electrons. The zero-order valence-electron chi connectivity index (χ0n) is 51.5. The number of carbonyl (C=O) groups excluding carboxylic acids is 2. The second-order valence-corrected chi connectivity index (χ2v) is 25.2. The molecule has 14 rings (SSSR count). The third kappa shape index (κ3) is 13.1. The summed E-state index contributed by atoms with van der Waals surface area (Å²) in [4.78, 5) is 54.0. The molecule has 0 saturated heterocycles. The Balaban J connectivity index is 0.000000146. The van der Waals surface area contributed by atoms with Crippen molar-refractivity contribution in [2.75, 3.05) is 17.7 Å². The Hall–Kier alpha value is -9.73. The molecule has 20 heteroatoms. The normalized spacial score (nSPS) is 14.1. The minimum atomic E-state index is -1.44. The van der Waals surface area contributed by atoms with Crippen molar-refractivity contribution in [3.63, 3.8) is 0 Å². The number of esters is 1. The van der Waals surface area contributed by atoms with Crippen LogP contribution in [0.3, 0.4) is 0 Å². The maximum Gasteiger partial charge on any atom is 0.488 e. The number of amides is 1. The molecule has 18 nitrogen and oxygen atoms in total. The number of fused-ring (bicyclic) bond motifs is 10. The van der Waals surface area contributed by atoms with E-state index in [1.165, 1.54) is 7.11 Å². The summed E-state index contributed by atoms with van der Waals surface area (Å²) in [5.74, 6) is 2.15. The molecule has 1 amide bonds. The van der Waals surface area contributed by atoms with Gasteiger partial charge < -0.3 is 46.3 Å². The van der Waals surface area contributed by atoms with Crippen molar-refractivity contribution in [2.24, 2.45) is 5.73 Å². The predicted molar refractivity (Wildman–Crippen MR) is 361 cm³/mol. The summed E-state index contributed by atoms with van der Waals surface area (Å²) in [5, 5.41) is 36.9. The zero-order valence-corrected chi connectivity index (χ0v) is 53.1. The number of ether oxygens (including phenoxy) is 2. The average Bonchev–Trinajstić information content (AvgIpc) is 1.57. The van der Waals surface area contributed by atoms with Crippen LogP contribution in [0.4, 0.5) is 27.8 Å². The highest BCUT2D eigenvalue weighted by atomic mass is 79.9. The van der Waals surface area contributed by atoms with E-state index < -0.39 is 24.2 Å². The van der Waals surface area contributed by atoms with E-state index in [9.17, 15) is 14.4 Å². The van der Waals surface area contributed by atoms with E-state index in [1.807, 2.05) is 99.6 Å². The molecule has 92 heavy (non-hydrogen) atoms. The lowest BCUT2D eigenvalue weighted by Crippen LogP contribution is -2.52. The quantitative estimate of drug-likeness (QED) is 0.0419. The lowest BCUT2D eigenvalue weighted by molar-refractivity contribution is -0.140. The van der Waals surface area contributed by atoms with Gasteiger partial charge in [0.2, 0.25) is 0 Å². The number of halogens is 1. The van der Waals surface area contributed by atoms with E-state index >= 15 is 0 Å². The fourth-order valence-electron chi connectivity index (χ4n) is 12.1. The average molecular weight is 1290 g/mol. The van der Waals surface area contributed by atoms with Crippen LogP contribution in [0.5, 0.6) is 0 Å². The Morgan fingerprint density at radius 3 is 1.64 bits per heavy atom. The minimum Gasteiger partial charge on any atom is -0.481 e. The highest BCUT2D eigenvalue weighted by molar-refractivity contribution is 9.10. The summed E-state index contributed by atoms with van der Waals surface area (Å²) in [6, 6.07) is 56.1. The van der Waals surface area contributed by atoms with Gasteiger partial charge in [0.15, 0.2) is 11.6 Å². The number of rotatable bonds is 13. The van der Waals surface area contributed by atoms with Crippen molar-refractivity contribution >= 4 is 69.6 Å². The Bertz CT molecular complexity index is 4350. The van der Waals surface area contributed by atoms with Gasteiger partial charge in [-0.3, -0.25) is 18.7 Å². The van der Waals surface area contributed by atoms with Gasteiger partial charge >= 0.3 is 25.2 Å². The number of nitrogens with two attached hydrogens (primary N) is 1. The molecule has 2 saturated carbocycles. The van der Waals surface area contributed by atoms with Gasteiger partial charge in [0.1, 0.15) is 21.9 Å². The van der Waals surface area contributed by atoms with Crippen molar-refractivity contribution in [3.8, 4) is 67.9 Å². The van der Waals surface area contributed by atoms with Crippen molar-refractivity contribution in [1.29, 1.82) is 0 Å². The van der Waals surface area contributed by atoms with Crippen molar-refractivity contribution in [1.82, 2.24) is 34.4 Å². The molecule has 4 aromatic heterocycles. The molecule has 0 unspecified atom stereocenters. The van der Waals surface area contributed by atoms with E-state index in [1.54, 1.807) is 36.7 Å². The number of benzene rings is 6. The smallest absolute Gasteiger partial charge is 0.481 e. The van der Waals surface area contributed by atoms with Gasteiger partial charge in [0.05, 0.1) is 52.5 Å². The SMILES string of the molecule is CC(C)(C)OC(=O)NC1(c2ccc(-c3c(Br)nc4n3-c3cccnc3Nc3ccccc3-4)cc2)CCC1.COC(=O)CCc1ccc(B(O)O)cc1.NC1(c2ccc(-c3c(-c4ccc(CCC(=O)O)cc4)nc4n3-c3cccnc3Nc3ccccc3-4)cc2)CCC1. The molecular weight excluding hydrogens is 1220 g/mol. The fourth-order valence-corrected chi connectivity index (χ4v) is 12.7. The number of aromatic nitrogens is 6. The maximum absolute atomic E-state index is 12.6. The standard InChI is InChI=1S/C33H29N5O2.C29H28BrN5O2.C10H13BO4/c34-33(18-4-19-33)24-15-13-23(14-16-24)30-29(22-11-8-21(9-12-22)10-17-28(39)40)37-32-25-5-1-2-6-26(25)36-31-27(38(30)32)7-3-20-35-31;1-28(2,3)37-27(36)34-29(15-7-16-29)19-13-11-18(12-14-19)23-24(30)33-26-20-8-4-5-9-21(20)32-25-22(35(23)26)10-6-17-31-25;1-15-10(12)7-4-8-2-5-9(6-3-8)11(13)14/h1-3,5-9,11-16,20H,4,10,17-19,34H2,(H,35,36)(H,39,40);4-6,8-14,17H,7,15-16H2,1-3H3,(H,31,32)(H,34,36);2-3,5-6,13-14H,4,7H2,1H3. The minimum absolute atomic E-state index is 0.103. The number of carboxylic acids is 1. The predicted octanol–water partition coefficient (Wildman–Crippen LogP) is 13.5. The summed E-state index contributed by atoms with van der Waals surface area (Å²) < 4.78 is 15.2. The number of aryl methyl sites for hydroxylation is 2. The number of carbonyl (C=O) groups is 3. The number of nitrogens with zero attached hydrogens (tertiary/aromatic N) is 6. The number of aliphatic carboxylic acids is 1. The summed E-state index contributed by atoms with van der Waals surface area (Å²) in [6.07, 6.45) is 10.7. The van der Waals surface area contributed by atoms with Gasteiger partial charge in [-0.05, 0) is 164 Å². The number of pyridine rings is 2. The summed E-state index contributed by atoms with van der Waals surface area (Å²) in [7, 11) is -0.0900. The monoisotopic (exact) mass is 1290 g/mol. The Labute approximate surface area is 542 Å². The van der Waals surface area contributed by atoms with Crippen LogP contribution >= 0.6 is 15.9 Å². The molecule has 2 aliphatic heterocycles.